The van der Waals surface area contributed by atoms with Crippen molar-refractivity contribution < 1.29 is 14.3 Å². The molecule has 2 rings (SSSR count). The molecule has 0 aliphatic carbocycles. The molecule has 0 aliphatic heterocycles. The minimum atomic E-state index is -0.366. The predicted molar refractivity (Wildman–Crippen MR) is 95.3 cm³/mol. The molecule has 0 atom stereocenters. The Morgan fingerprint density at radius 2 is 1.58 bits per heavy atom. The summed E-state index contributed by atoms with van der Waals surface area (Å²) in [6, 6.07) is 14.8. The van der Waals surface area contributed by atoms with E-state index >= 15 is 0 Å². The number of methoxy groups -OCH3 is 1. The van der Waals surface area contributed by atoms with Gasteiger partial charge >= 0.3 is 5.97 Å². The van der Waals surface area contributed by atoms with Gasteiger partial charge in [-0.2, -0.15) is 0 Å². The van der Waals surface area contributed by atoms with Crippen molar-refractivity contribution in [2.24, 2.45) is 0 Å². The van der Waals surface area contributed by atoms with Crippen molar-refractivity contribution in [1.82, 2.24) is 0 Å². The number of amides is 1. The Morgan fingerprint density at radius 3 is 2.17 bits per heavy atom. The summed E-state index contributed by atoms with van der Waals surface area (Å²) in [6.45, 7) is 2.60. The highest BCUT2D eigenvalue weighted by Gasteiger charge is 2.05. The SMILES string of the molecule is CCc1ccc(NC(=O)CCNc2ccc(C(=O)OC)cc2)cc1. The number of rotatable bonds is 7. The number of ether oxygens (including phenoxy) is 1. The zero-order valence-corrected chi connectivity index (χ0v) is 14.0. The lowest BCUT2D eigenvalue weighted by Crippen LogP contribution is -2.16. The van der Waals surface area contributed by atoms with Crippen LogP contribution >= 0.6 is 0 Å². The van der Waals surface area contributed by atoms with Gasteiger partial charge in [-0.3, -0.25) is 4.79 Å². The van der Waals surface area contributed by atoms with Gasteiger partial charge in [-0.1, -0.05) is 19.1 Å². The maximum absolute atomic E-state index is 11.9. The van der Waals surface area contributed by atoms with Crippen molar-refractivity contribution in [3.8, 4) is 0 Å². The van der Waals surface area contributed by atoms with Gasteiger partial charge in [-0.15, -0.1) is 0 Å². The zero-order chi connectivity index (χ0) is 17.4. The number of carbonyl (C=O) groups is 2. The summed E-state index contributed by atoms with van der Waals surface area (Å²) in [6.07, 6.45) is 1.33. The van der Waals surface area contributed by atoms with Crippen LogP contribution in [0.4, 0.5) is 11.4 Å². The average Bonchev–Trinajstić information content (AvgIpc) is 2.62. The van der Waals surface area contributed by atoms with E-state index in [1.54, 1.807) is 24.3 Å². The summed E-state index contributed by atoms with van der Waals surface area (Å²) in [5, 5.41) is 6.02. The number of benzene rings is 2. The van der Waals surface area contributed by atoms with E-state index in [-0.39, 0.29) is 11.9 Å². The summed E-state index contributed by atoms with van der Waals surface area (Å²) in [5.74, 6) is -0.409. The zero-order valence-electron chi connectivity index (χ0n) is 14.0. The summed E-state index contributed by atoms with van der Waals surface area (Å²) in [5.41, 5.74) is 3.39. The fourth-order valence-corrected chi connectivity index (χ4v) is 2.21. The van der Waals surface area contributed by atoms with E-state index < -0.39 is 0 Å². The Morgan fingerprint density at radius 1 is 0.958 bits per heavy atom. The highest BCUT2D eigenvalue weighted by molar-refractivity contribution is 5.91. The number of anilines is 2. The molecule has 126 valence electrons. The lowest BCUT2D eigenvalue weighted by atomic mass is 10.1. The molecular weight excluding hydrogens is 304 g/mol. The van der Waals surface area contributed by atoms with Crippen LogP contribution in [0.15, 0.2) is 48.5 Å². The van der Waals surface area contributed by atoms with Crippen LogP contribution < -0.4 is 10.6 Å². The molecule has 0 heterocycles. The first-order valence-corrected chi connectivity index (χ1v) is 7.93. The monoisotopic (exact) mass is 326 g/mol. The number of carbonyl (C=O) groups excluding carboxylic acids is 2. The first-order chi connectivity index (χ1) is 11.6. The normalized spacial score (nSPS) is 10.1. The van der Waals surface area contributed by atoms with Gasteiger partial charge in [0.05, 0.1) is 12.7 Å². The highest BCUT2D eigenvalue weighted by Crippen LogP contribution is 2.12. The van der Waals surface area contributed by atoms with Gasteiger partial charge in [-0.25, -0.2) is 4.79 Å². The molecule has 2 aromatic carbocycles. The first kappa shape index (κ1) is 17.5. The molecule has 0 fully saturated rings. The second kappa shape index (κ2) is 8.72. The van der Waals surface area contributed by atoms with Crippen LogP contribution in [-0.4, -0.2) is 25.5 Å². The third kappa shape index (κ3) is 5.12. The molecule has 0 saturated heterocycles. The van der Waals surface area contributed by atoms with Gasteiger partial charge in [-0.05, 0) is 48.4 Å². The van der Waals surface area contributed by atoms with E-state index in [0.29, 0.717) is 18.5 Å². The van der Waals surface area contributed by atoms with Gasteiger partial charge < -0.3 is 15.4 Å². The standard InChI is InChI=1S/C19H22N2O3/c1-3-14-4-8-17(9-5-14)21-18(22)12-13-20-16-10-6-15(7-11-16)19(23)24-2/h4-11,20H,3,12-13H2,1-2H3,(H,21,22). The van der Waals surface area contributed by atoms with Crippen LogP contribution in [0.2, 0.25) is 0 Å². The number of hydrogen-bond acceptors (Lipinski definition) is 4. The molecule has 0 radical (unpaired) electrons. The van der Waals surface area contributed by atoms with Crippen molar-refractivity contribution in [3.63, 3.8) is 0 Å². The van der Waals surface area contributed by atoms with Crippen molar-refractivity contribution in [3.05, 3.63) is 59.7 Å². The molecule has 0 spiro atoms. The summed E-state index contributed by atoms with van der Waals surface area (Å²) >= 11 is 0. The molecule has 0 unspecified atom stereocenters. The van der Waals surface area contributed by atoms with Gasteiger partial charge in [0.25, 0.3) is 0 Å². The number of hydrogen-bond donors (Lipinski definition) is 2. The Kier molecular flexibility index (Phi) is 6.37. The van der Waals surface area contributed by atoms with Crippen molar-refractivity contribution in [1.29, 1.82) is 0 Å². The smallest absolute Gasteiger partial charge is 0.337 e. The van der Waals surface area contributed by atoms with Crippen LogP contribution in [0, 0.1) is 0 Å². The van der Waals surface area contributed by atoms with Crippen molar-refractivity contribution in [2.75, 3.05) is 24.3 Å². The summed E-state index contributed by atoms with van der Waals surface area (Å²) < 4.78 is 4.65. The summed E-state index contributed by atoms with van der Waals surface area (Å²) in [4.78, 5) is 23.3. The Balaban J connectivity index is 1.76. The van der Waals surface area contributed by atoms with Gasteiger partial charge in [0, 0.05) is 24.3 Å². The van der Waals surface area contributed by atoms with Crippen LogP contribution in [0.5, 0.6) is 0 Å². The number of nitrogens with one attached hydrogen (secondary N) is 2. The maximum atomic E-state index is 11.9. The minimum absolute atomic E-state index is 0.0436. The third-order valence-electron chi connectivity index (χ3n) is 3.63. The Labute approximate surface area is 142 Å². The minimum Gasteiger partial charge on any atom is -0.465 e. The van der Waals surface area contributed by atoms with E-state index in [1.807, 2.05) is 24.3 Å². The van der Waals surface area contributed by atoms with Gasteiger partial charge in [0.2, 0.25) is 5.91 Å². The van der Waals surface area contributed by atoms with Crippen molar-refractivity contribution >= 4 is 23.3 Å². The fourth-order valence-electron chi connectivity index (χ4n) is 2.21. The lowest BCUT2D eigenvalue weighted by molar-refractivity contribution is -0.115. The van der Waals surface area contributed by atoms with E-state index in [0.717, 1.165) is 17.8 Å². The van der Waals surface area contributed by atoms with Crippen LogP contribution in [-0.2, 0) is 16.0 Å². The molecular formula is C19H22N2O3. The predicted octanol–water partition coefficient (Wildman–Crippen LogP) is 3.48. The second-order valence-corrected chi connectivity index (χ2v) is 5.34. The van der Waals surface area contributed by atoms with Gasteiger partial charge in [0.1, 0.15) is 0 Å². The fraction of sp³-hybridized carbons (Fsp3) is 0.263. The van der Waals surface area contributed by atoms with Crippen LogP contribution in [0.1, 0.15) is 29.3 Å². The largest absolute Gasteiger partial charge is 0.465 e. The number of esters is 1. The molecule has 0 aliphatic rings. The molecule has 2 aromatic rings. The van der Waals surface area contributed by atoms with Crippen molar-refractivity contribution in [2.45, 2.75) is 19.8 Å². The molecule has 5 nitrogen and oxygen atoms in total. The van der Waals surface area contributed by atoms with Crippen LogP contribution in [0.3, 0.4) is 0 Å². The maximum Gasteiger partial charge on any atom is 0.337 e. The van der Waals surface area contributed by atoms with E-state index in [4.69, 9.17) is 0 Å². The molecule has 0 bridgehead atoms. The number of aryl methyl sites for hydroxylation is 1. The lowest BCUT2D eigenvalue weighted by Gasteiger charge is -2.08. The summed E-state index contributed by atoms with van der Waals surface area (Å²) in [7, 11) is 1.35. The molecule has 0 saturated carbocycles. The third-order valence-corrected chi connectivity index (χ3v) is 3.63. The molecule has 5 heteroatoms. The van der Waals surface area contributed by atoms with E-state index in [9.17, 15) is 9.59 Å². The molecule has 2 N–H and O–H groups in total. The van der Waals surface area contributed by atoms with E-state index in [1.165, 1.54) is 12.7 Å². The average molecular weight is 326 g/mol. The molecule has 0 aromatic heterocycles. The van der Waals surface area contributed by atoms with Crippen LogP contribution in [0.25, 0.3) is 0 Å². The topological polar surface area (TPSA) is 67.4 Å². The molecule has 1 amide bonds. The van der Waals surface area contributed by atoms with E-state index in [2.05, 4.69) is 22.3 Å². The van der Waals surface area contributed by atoms with Gasteiger partial charge in [0.15, 0.2) is 0 Å². The Bertz CT molecular complexity index is 679. The first-order valence-electron chi connectivity index (χ1n) is 7.93. The quantitative estimate of drug-likeness (QED) is 0.765. The second-order valence-electron chi connectivity index (χ2n) is 5.34. The Hall–Kier alpha value is -2.82. The highest BCUT2D eigenvalue weighted by atomic mass is 16.5. The molecule has 24 heavy (non-hydrogen) atoms.